The molecule has 2 saturated heterocycles. The summed E-state index contributed by atoms with van der Waals surface area (Å²) in [5.41, 5.74) is 5.88. The number of anilines is 1. The zero-order valence-corrected chi connectivity index (χ0v) is 37.4. The molecule has 334 valence electrons. The molecule has 0 atom stereocenters. The standard InChI is InChI=1S/C19H24N6O3S.C14H14N4O3S.C6H14N2O2S/c1-29(27,28)24-8-6-15(7-9-24)22-19-21-12-14-10-13(11-20)18(26)25(17(14)23-19)16-4-2-3-5-16;1-22(20,21)14-16-8-10-6-9(7-15)13(19)18(12(10)17-14)11-4-2-3-5-11;1-11(9,10)8-4-2-6(7)3-5-8/h10,12,15-16H,2-9H2,1H3,(H,21,22,23);6,8,11H,2-5H2,1H3;6H,2-5,7H2,1H3. The Morgan fingerprint density at radius 3 is 1.48 bits per heavy atom. The number of piperidine rings is 2. The number of rotatable bonds is 7. The molecular weight excluding hydrogens is 861 g/mol. The van der Waals surface area contributed by atoms with E-state index in [2.05, 4.69) is 25.3 Å². The van der Waals surface area contributed by atoms with Crippen molar-refractivity contribution in [3.05, 3.63) is 56.4 Å². The Bertz CT molecular complexity index is 2850. The summed E-state index contributed by atoms with van der Waals surface area (Å²) >= 11 is 0. The number of fused-ring (bicyclic) bond motifs is 2. The summed E-state index contributed by atoms with van der Waals surface area (Å²) < 4.78 is 74.7. The summed E-state index contributed by atoms with van der Waals surface area (Å²) in [5.74, 6) is 0.422. The first-order chi connectivity index (χ1) is 29.3. The number of pyridine rings is 2. The molecule has 0 spiro atoms. The molecule has 8 rings (SSSR count). The fourth-order valence-corrected chi connectivity index (χ4v) is 10.6. The highest BCUT2D eigenvalue weighted by molar-refractivity contribution is 7.90. The predicted octanol–water partition coefficient (Wildman–Crippen LogP) is 2.17. The van der Waals surface area contributed by atoms with E-state index < -0.39 is 35.4 Å². The van der Waals surface area contributed by atoms with Crippen molar-refractivity contribution in [1.29, 1.82) is 10.5 Å². The maximum Gasteiger partial charge on any atom is 0.270 e. The lowest BCUT2D eigenvalue weighted by Crippen LogP contribution is -2.42. The van der Waals surface area contributed by atoms with Gasteiger partial charge in [0.1, 0.15) is 34.6 Å². The summed E-state index contributed by atoms with van der Waals surface area (Å²) in [7, 11) is -9.70. The number of nitriles is 2. The van der Waals surface area contributed by atoms with Crippen LogP contribution in [0.1, 0.15) is 100 Å². The number of hydrogen-bond donors (Lipinski definition) is 2. The average molecular weight is 913 g/mol. The largest absolute Gasteiger partial charge is 0.351 e. The minimum Gasteiger partial charge on any atom is -0.351 e. The van der Waals surface area contributed by atoms with E-state index in [0.717, 1.165) is 70.5 Å². The molecule has 20 nitrogen and oxygen atoms in total. The van der Waals surface area contributed by atoms with Gasteiger partial charge in [-0.05, 0) is 63.5 Å². The maximum absolute atomic E-state index is 12.8. The molecule has 0 bridgehead atoms. The summed E-state index contributed by atoms with van der Waals surface area (Å²) in [6.45, 7) is 2.09. The summed E-state index contributed by atoms with van der Waals surface area (Å²) in [4.78, 5) is 42.2. The van der Waals surface area contributed by atoms with E-state index in [1.807, 2.05) is 12.1 Å². The van der Waals surface area contributed by atoms with Gasteiger partial charge in [-0.3, -0.25) is 18.7 Å². The monoisotopic (exact) mass is 912 g/mol. The third-order valence-electron chi connectivity index (χ3n) is 11.7. The summed E-state index contributed by atoms with van der Waals surface area (Å²) in [6.07, 6.45) is 16.9. The highest BCUT2D eigenvalue weighted by Crippen LogP contribution is 2.32. The minimum atomic E-state index is -3.57. The Hall–Kier alpha value is -4.91. The fraction of sp³-hybridized carbons (Fsp3) is 0.590. The molecular formula is C39H52N12O8S3. The van der Waals surface area contributed by atoms with Crippen molar-refractivity contribution in [3.8, 4) is 12.1 Å². The molecule has 23 heteroatoms. The number of hydrogen-bond acceptors (Lipinski definition) is 16. The van der Waals surface area contributed by atoms with Gasteiger partial charge in [-0.2, -0.15) is 20.5 Å². The molecule has 4 fully saturated rings. The second-order valence-corrected chi connectivity index (χ2v) is 22.2. The van der Waals surface area contributed by atoms with Crippen molar-refractivity contribution in [3.63, 3.8) is 0 Å². The van der Waals surface area contributed by atoms with Crippen molar-refractivity contribution in [1.82, 2.24) is 37.7 Å². The zero-order chi connectivity index (χ0) is 45.0. The zero-order valence-electron chi connectivity index (χ0n) is 35.0. The quantitative estimate of drug-likeness (QED) is 0.251. The van der Waals surface area contributed by atoms with Crippen LogP contribution in [0.2, 0.25) is 0 Å². The molecule has 0 amide bonds. The number of aromatic nitrogens is 6. The molecule has 4 aromatic heterocycles. The van der Waals surface area contributed by atoms with Gasteiger partial charge in [0.2, 0.25) is 41.0 Å². The highest BCUT2D eigenvalue weighted by Gasteiger charge is 2.28. The number of nitrogens with one attached hydrogen (secondary N) is 1. The van der Waals surface area contributed by atoms with Gasteiger partial charge in [-0.25, -0.2) is 43.8 Å². The van der Waals surface area contributed by atoms with Crippen molar-refractivity contribution in [2.45, 2.75) is 106 Å². The lowest BCUT2D eigenvalue weighted by molar-refractivity contribution is 0.322. The van der Waals surface area contributed by atoms with Crippen LogP contribution in [0.4, 0.5) is 5.95 Å². The Morgan fingerprint density at radius 1 is 0.645 bits per heavy atom. The van der Waals surface area contributed by atoms with E-state index in [4.69, 9.17) is 11.0 Å². The first-order valence-corrected chi connectivity index (χ1v) is 26.1. The van der Waals surface area contributed by atoms with Crippen LogP contribution in [0.15, 0.2) is 39.3 Å². The molecule has 0 radical (unpaired) electrons. The highest BCUT2D eigenvalue weighted by atomic mass is 32.2. The Balaban J connectivity index is 0.000000171. The third-order valence-corrected chi connectivity index (χ3v) is 15.2. The normalized spacial score (nSPS) is 19.0. The van der Waals surface area contributed by atoms with E-state index in [9.17, 15) is 40.1 Å². The van der Waals surface area contributed by atoms with E-state index in [1.165, 1.54) is 38.0 Å². The minimum absolute atomic E-state index is 0.0232. The van der Waals surface area contributed by atoms with Crippen molar-refractivity contribution in [2.75, 3.05) is 50.3 Å². The summed E-state index contributed by atoms with van der Waals surface area (Å²) in [5, 5.41) is 22.6. The van der Waals surface area contributed by atoms with Crippen LogP contribution >= 0.6 is 0 Å². The van der Waals surface area contributed by atoms with Crippen LogP contribution in [-0.4, -0.2) is 120 Å². The molecule has 0 unspecified atom stereocenters. The van der Waals surface area contributed by atoms with Crippen molar-refractivity contribution in [2.24, 2.45) is 5.73 Å². The number of nitrogens with zero attached hydrogens (tertiary/aromatic N) is 10. The molecule has 3 N–H and O–H groups in total. The van der Waals surface area contributed by atoms with Gasteiger partial charge < -0.3 is 11.1 Å². The lowest BCUT2D eigenvalue weighted by atomic mass is 10.1. The first-order valence-electron chi connectivity index (χ1n) is 20.6. The van der Waals surface area contributed by atoms with Crippen molar-refractivity contribution < 1.29 is 25.3 Å². The van der Waals surface area contributed by atoms with Crippen LogP contribution in [0, 0.1) is 22.7 Å². The SMILES string of the molecule is CS(=O)(=O)N1CCC(N)CC1.CS(=O)(=O)N1CCC(Nc2ncc3cc(C#N)c(=O)n(C4CCCC4)c3n2)CC1.CS(=O)(=O)c1ncc2cc(C#N)c(=O)n(C3CCCC3)c2n1. The van der Waals surface area contributed by atoms with Gasteiger partial charge >= 0.3 is 0 Å². The van der Waals surface area contributed by atoms with Crippen LogP contribution in [0.3, 0.4) is 0 Å². The average Bonchev–Trinajstić information content (AvgIpc) is 3.96. The first kappa shape index (κ1) is 46.6. The van der Waals surface area contributed by atoms with Crippen molar-refractivity contribution >= 4 is 57.9 Å². The topological polar surface area (TPSA) is 290 Å². The third kappa shape index (κ3) is 11.0. The maximum atomic E-state index is 12.8. The van der Waals surface area contributed by atoms with Gasteiger partial charge in [0, 0.05) is 79.8 Å². The molecule has 4 aliphatic rings. The van der Waals surface area contributed by atoms with E-state index in [-0.39, 0.29) is 51.7 Å². The Morgan fingerprint density at radius 2 is 1.06 bits per heavy atom. The molecule has 2 saturated carbocycles. The van der Waals surface area contributed by atoms with Crippen LogP contribution in [0.25, 0.3) is 22.1 Å². The number of nitrogens with two attached hydrogens (primary N) is 1. The predicted molar refractivity (Wildman–Crippen MR) is 232 cm³/mol. The van der Waals surface area contributed by atoms with E-state index >= 15 is 0 Å². The van der Waals surface area contributed by atoms with Gasteiger partial charge in [-0.1, -0.05) is 25.7 Å². The second-order valence-electron chi connectivity index (χ2n) is 16.3. The van der Waals surface area contributed by atoms with Crippen LogP contribution < -0.4 is 22.2 Å². The second kappa shape index (κ2) is 19.2. The van der Waals surface area contributed by atoms with Gasteiger partial charge in [0.05, 0.1) is 12.5 Å². The van der Waals surface area contributed by atoms with E-state index in [0.29, 0.717) is 61.4 Å². The van der Waals surface area contributed by atoms with Crippen LogP contribution in [0.5, 0.6) is 0 Å². The molecule has 6 heterocycles. The van der Waals surface area contributed by atoms with Crippen LogP contribution in [-0.2, 0) is 29.9 Å². The summed E-state index contributed by atoms with van der Waals surface area (Å²) in [6, 6.07) is 7.10. The fourth-order valence-electron chi connectivity index (χ4n) is 8.36. The number of sulfonamides is 2. The molecule has 62 heavy (non-hydrogen) atoms. The lowest BCUT2D eigenvalue weighted by Gasteiger charge is -2.30. The van der Waals surface area contributed by atoms with Gasteiger partial charge in [0.25, 0.3) is 11.1 Å². The van der Waals surface area contributed by atoms with E-state index in [1.54, 1.807) is 16.8 Å². The molecule has 4 aromatic rings. The molecule has 2 aliphatic heterocycles. The number of sulfone groups is 1. The van der Waals surface area contributed by atoms with Gasteiger partial charge in [-0.15, -0.1) is 0 Å². The Kier molecular flexibility index (Phi) is 14.4. The van der Waals surface area contributed by atoms with Gasteiger partial charge in [0.15, 0.2) is 0 Å². The Labute approximate surface area is 360 Å². The smallest absolute Gasteiger partial charge is 0.270 e. The molecule has 2 aliphatic carbocycles. The molecule has 0 aromatic carbocycles.